The molecule has 276 valence electrons. The number of methoxy groups -OCH3 is 1. The molecular weight excluding hydrogens is 574 g/mol. The Hall–Kier alpha value is -0.690. The number of ether oxygens (including phenoxy) is 2. The average molecular weight is 656 g/mol. The van der Waals surface area contributed by atoms with Crippen LogP contribution in [0.25, 0.3) is 0 Å². The molecular formula is C40H81NO5. The van der Waals surface area contributed by atoms with E-state index in [1.807, 2.05) is 0 Å². The van der Waals surface area contributed by atoms with Gasteiger partial charge in [0.25, 0.3) is 0 Å². The molecule has 0 saturated heterocycles. The van der Waals surface area contributed by atoms with E-state index >= 15 is 0 Å². The largest absolute Gasteiger partial charge is 0.394 e. The second-order valence-corrected chi connectivity index (χ2v) is 14.0. The molecule has 0 aromatic rings. The average Bonchev–Trinajstić information content (AvgIpc) is 3.06. The van der Waals surface area contributed by atoms with Crippen LogP contribution in [0, 0.1) is 5.92 Å². The van der Waals surface area contributed by atoms with Crippen molar-refractivity contribution in [2.75, 3.05) is 46.6 Å². The first-order valence-electron chi connectivity index (χ1n) is 20.2. The molecule has 2 N–H and O–H groups in total. The summed E-state index contributed by atoms with van der Waals surface area (Å²) in [5.74, 6) is 0.0676. The van der Waals surface area contributed by atoms with Gasteiger partial charge >= 0.3 is 0 Å². The molecule has 0 aromatic heterocycles. The normalized spacial score (nSPS) is 12.9. The first-order valence-corrected chi connectivity index (χ1v) is 20.2. The number of aliphatic hydroxyl groups excluding tert-OH is 2. The Morgan fingerprint density at radius 1 is 0.565 bits per heavy atom. The lowest BCUT2D eigenvalue weighted by molar-refractivity contribution is -0.138. The van der Waals surface area contributed by atoms with Gasteiger partial charge in [0.15, 0.2) is 0 Å². The maximum Gasteiger partial charge on any atom is 0.225 e. The van der Waals surface area contributed by atoms with Crippen LogP contribution in [0.1, 0.15) is 194 Å². The molecule has 0 aliphatic heterocycles. The fraction of sp³-hybridized carbons (Fsp3) is 0.975. The van der Waals surface area contributed by atoms with E-state index in [0.29, 0.717) is 19.8 Å². The summed E-state index contributed by atoms with van der Waals surface area (Å²) >= 11 is 0. The van der Waals surface area contributed by atoms with Gasteiger partial charge in [-0.15, -0.1) is 0 Å². The first kappa shape index (κ1) is 45.3. The summed E-state index contributed by atoms with van der Waals surface area (Å²) in [6, 6.07) is 0. The lowest BCUT2D eigenvalue weighted by Gasteiger charge is -2.29. The van der Waals surface area contributed by atoms with Crippen molar-refractivity contribution >= 4 is 5.91 Å². The van der Waals surface area contributed by atoms with Gasteiger partial charge in [-0.05, 0) is 32.1 Å². The number of amides is 1. The number of nitrogens with zero attached hydrogens (tertiary/aromatic N) is 1. The van der Waals surface area contributed by atoms with E-state index in [-0.39, 0.29) is 25.0 Å². The van der Waals surface area contributed by atoms with Crippen LogP contribution >= 0.6 is 0 Å². The van der Waals surface area contributed by atoms with Crippen LogP contribution < -0.4 is 0 Å². The van der Waals surface area contributed by atoms with Gasteiger partial charge in [0.2, 0.25) is 5.91 Å². The molecule has 0 aromatic carbocycles. The standard InChI is InChI=1S/C40H81NO5/c1-4-6-8-10-12-14-16-17-18-19-21-23-25-27-34-46-35-29-32-41(36-39(43)37-42)40(44)38(31-28-33-45-3)30-26-24-22-20-15-13-11-9-7-5-2/h38-39,42-43H,4-37H2,1-3H3. The van der Waals surface area contributed by atoms with Crippen molar-refractivity contribution in [3.05, 3.63) is 0 Å². The fourth-order valence-electron chi connectivity index (χ4n) is 6.46. The smallest absolute Gasteiger partial charge is 0.225 e. The number of rotatable bonds is 38. The van der Waals surface area contributed by atoms with E-state index in [0.717, 1.165) is 45.1 Å². The molecule has 0 rings (SSSR count). The zero-order chi connectivity index (χ0) is 33.8. The molecule has 0 aliphatic rings. The highest BCUT2D eigenvalue weighted by atomic mass is 16.5. The van der Waals surface area contributed by atoms with E-state index < -0.39 is 6.10 Å². The van der Waals surface area contributed by atoms with Gasteiger partial charge in [0.1, 0.15) is 0 Å². The number of aliphatic hydroxyl groups is 2. The van der Waals surface area contributed by atoms with Gasteiger partial charge in [-0.25, -0.2) is 0 Å². The van der Waals surface area contributed by atoms with Crippen molar-refractivity contribution in [3.63, 3.8) is 0 Å². The van der Waals surface area contributed by atoms with Crippen LogP contribution in [0.5, 0.6) is 0 Å². The summed E-state index contributed by atoms with van der Waals surface area (Å²) in [6.07, 6.45) is 34.2. The Bertz CT molecular complexity index is 604. The maximum absolute atomic E-state index is 13.6. The van der Waals surface area contributed by atoms with Crippen LogP contribution in [0.3, 0.4) is 0 Å². The summed E-state index contributed by atoms with van der Waals surface area (Å²) in [6.45, 7) is 7.04. The third kappa shape index (κ3) is 30.6. The molecule has 0 radical (unpaired) electrons. The minimum absolute atomic E-state index is 0.0495. The minimum atomic E-state index is -0.905. The van der Waals surface area contributed by atoms with E-state index in [4.69, 9.17) is 9.47 Å². The molecule has 2 unspecified atom stereocenters. The topological polar surface area (TPSA) is 79.2 Å². The summed E-state index contributed by atoms with van der Waals surface area (Å²) in [5.41, 5.74) is 0. The highest BCUT2D eigenvalue weighted by Gasteiger charge is 2.25. The fourth-order valence-corrected chi connectivity index (χ4v) is 6.46. The van der Waals surface area contributed by atoms with Gasteiger partial charge in [-0.3, -0.25) is 4.79 Å². The van der Waals surface area contributed by atoms with Crippen LogP contribution in [0.4, 0.5) is 0 Å². The molecule has 6 nitrogen and oxygen atoms in total. The lowest BCUT2D eigenvalue weighted by Crippen LogP contribution is -2.43. The van der Waals surface area contributed by atoms with Gasteiger partial charge in [-0.2, -0.15) is 0 Å². The van der Waals surface area contributed by atoms with Crippen LogP contribution in [0.2, 0.25) is 0 Å². The number of carbonyl (C=O) groups excluding carboxylic acids is 1. The lowest BCUT2D eigenvalue weighted by atomic mass is 9.94. The van der Waals surface area contributed by atoms with Gasteiger partial charge in [0.05, 0.1) is 12.7 Å². The zero-order valence-corrected chi connectivity index (χ0v) is 31.3. The monoisotopic (exact) mass is 656 g/mol. The predicted octanol–water partition coefficient (Wildman–Crippen LogP) is 10.4. The molecule has 0 fully saturated rings. The molecule has 0 bridgehead atoms. The molecule has 0 aliphatic carbocycles. The highest BCUT2D eigenvalue weighted by molar-refractivity contribution is 5.78. The van der Waals surface area contributed by atoms with Gasteiger partial charge in [-0.1, -0.05) is 162 Å². The number of hydrogen-bond donors (Lipinski definition) is 2. The molecule has 46 heavy (non-hydrogen) atoms. The quantitative estimate of drug-likeness (QED) is 0.0647. The maximum atomic E-state index is 13.6. The summed E-state index contributed by atoms with van der Waals surface area (Å²) in [4.78, 5) is 15.4. The molecule has 1 amide bonds. The van der Waals surface area contributed by atoms with E-state index in [1.54, 1.807) is 12.0 Å². The Morgan fingerprint density at radius 2 is 0.978 bits per heavy atom. The summed E-state index contributed by atoms with van der Waals surface area (Å²) in [7, 11) is 1.71. The first-order chi connectivity index (χ1) is 22.6. The summed E-state index contributed by atoms with van der Waals surface area (Å²) < 4.78 is 11.2. The van der Waals surface area contributed by atoms with Crippen molar-refractivity contribution in [3.8, 4) is 0 Å². The molecule has 0 spiro atoms. The number of carbonyl (C=O) groups is 1. The summed E-state index contributed by atoms with van der Waals surface area (Å²) in [5, 5.41) is 19.7. The number of hydrogen-bond acceptors (Lipinski definition) is 5. The Labute approximate surface area is 287 Å². The predicted molar refractivity (Wildman–Crippen MR) is 196 cm³/mol. The third-order valence-corrected chi connectivity index (χ3v) is 9.47. The third-order valence-electron chi connectivity index (χ3n) is 9.47. The Balaban J connectivity index is 4.22. The highest BCUT2D eigenvalue weighted by Crippen LogP contribution is 2.21. The molecule has 6 heteroatoms. The Kier molecular flexibility index (Phi) is 36.6. The van der Waals surface area contributed by atoms with Crippen LogP contribution in [-0.2, 0) is 14.3 Å². The molecule has 0 saturated carbocycles. The van der Waals surface area contributed by atoms with Crippen molar-refractivity contribution in [2.24, 2.45) is 5.92 Å². The van der Waals surface area contributed by atoms with Crippen molar-refractivity contribution in [1.82, 2.24) is 4.90 Å². The van der Waals surface area contributed by atoms with Gasteiger partial charge < -0.3 is 24.6 Å². The Morgan fingerprint density at radius 3 is 1.43 bits per heavy atom. The van der Waals surface area contributed by atoms with Crippen LogP contribution in [0.15, 0.2) is 0 Å². The second-order valence-electron chi connectivity index (χ2n) is 14.0. The van der Waals surface area contributed by atoms with Crippen molar-refractivity contribution < 1.29 is 24.5 Å². The number of unbranched alkanes of at least 4 members (excludes halogenated alkanes) is 22. The minimum Gasteiger partial charge on any atom is -0.394 e. The SMILES string of the molecule is CCCCCCCCCCCCCCCCOCCCN(CC(O)CO)C(=O)C(CCCCCCCCCCCC)CCCOC. The van der Waals surface area contributed by atoms with E-state index in [1.165, 1.54) is 141 Å². The van der Waals surface area contributed by atoms with E-state index in [2.05, 4.69) is 13.8 Å². The molecule has 0 heterocycles. The second kappa shape index (κ2) is 37.1. The van der Waals surface area contributed by atoms with Gasteiger partial charge in [0, 0.05) is 45.9 Å². The van der Waals surface area contributed by atoms with Crippen LogP contribution in [-0.4, -0.2) is 73.8 Å². The zero-order valence-electron chi connectivity index (χ0n) is 31.3. The van der Waals surface area contributed by atoms with Crippen molar-refractivity contribution in [1.29, 1.82) is 0 Å². The van der Waals surface area contributed by atoms with Crippen molar-refractivity contribution in [2.45, 2.75) is 200 Å². The molecule has 2 atom stereocenters. The van der Waals surface area contributed by atoms with E-state index in [9.17, 15) is 15.0 Å².